The van der Waals surface area contributed by atoms with Gasteiger partial charge in [-0.1, -0.05) is 54.1 Å². The fourth-order valence-corrected chi connectivity index (χ4v) is 4.74. The van der Waals surface area contributed by atoms with Crippen LogP contribution < -0.4 is 0 Å². The number of hydrogen-bond donors (Lipinski definition) is 0. The lowest BCUT2D eigenvalue weighted by Crippen LogP contribution is -2.46. The molecule has 1 saturated carbocycles. The molecule has 3 aromatic carbocycles. The first-order valence-corrected chi connectivity index (χ1v) is 10.6. The van der Waals surface area contributed by atoms with Gasteiger partial charge in [-0.15, -0.1) is 0 Å². The number of halogens is 1. The van der Waals surface area contributed by atoms with E-state index in [9.17, 15) is 20.2 Å². The zero-order valence-electron chi connectivity index (χ0n) is 16.1. The van der Waals surface area contributed by atoms with E-state index < -0.39 is 15.3 Å². The lowest BCUT2D eigenvalue weighted by Gasteiger charge is -2.44. The molecule has 3 aromatic rings. The average Bonchev–Trinajstić information content (AvgIpc) is 2.75. The Balaban J connectivity index is 1.74. The molecule has 0 saturated heterocycles. The molecule has 31 heavy (non-hydrogen) atoms. The van der Waals surface area contributed by atoms with E-state index in [-0.39, 0.29) is 16.3 Å². The molecule has 0 amide bonds. The first-order valence-electron chi connectivity index (χ1n) is 9.40. The normalized spacial score (nSPS) is 19.1. The van der Waals surface area contributed by atoms with Crippen LogP contribution >= 0.6 is 23.5 Å². The molecule has 4 rings (SSSR count). The van der Waals surface area contributed by atoms with E-state index in [0.29, 0.717) is 5.02 Å². The summed E-state index contributed by atoms with van der Waals surface area (Å²) in [5.41, 5.74) is 1.92. The molecule has 0 radical (unpaired) electrons. The van der Waals surface area contributed by atoms with Crippen molar-refractivity contribution in [3.8, 4) is 0 Å². The molecule has 0 N–H and O–H groups in total. The van der Waals surface area contributed by atoms with E-state index in [1.54, 1.807) is 0 Å². The number of nitro benzene ring substituents is 2. The van der Waals surface area contributed by atoms with Gasteiger partial charge >= 0.3 is 0 Å². The Labute approximate surface area is 187 Å². The van der Waals surface area contributed by atoms with Gasteiger partial charge in [0.15, 0.2) is 0 Å². The van der Waals surface area contributed by atoms with E-state index in [2.05, 4.69) is 4.40 Å². The van der Waals surface area contributed by atoms with Gasteiger partial charge in [-0.05, 0) is 42.2 Å². The summed E-state index contributed by atoms with van der Waals surface area (Å²) in [6.45, 7) is 0. The highest BCUT2D eigenvalue weighted by molar-refractivity contribution is 7.98. The minimum absolute atomic E-state index is 0.257. The van der Waals surface area contributed by atoms with Gasteiger partial charge in [0.25, 0.3) is 11.4 Å². The molecule has 0 aromatic heterocycles. The maximum absolute atomic E-state index is 11.4. The predicted molar refractivity (Wildman–Crippen MR) is 121 cm³/mol. The highest BCUT2D eigenvalue weighted by Gasteiger charge is 2.46. The van der Waals surface area contributed by atoms with Gasteiger partial charge in [-0.3, -0.25) is 20.2 Å². The molecule has 0 bridgehead atoms. The maximum atomic E-state index is 11.4. The van der Waals surface area contributed by atoms with Crippen LogP contribution in [0.3, 0.4) is 0 Å². The Morgan fingerprint density at radius 1 is 0.903 bits per heavy atom. The smallest absolute Gasteiger partial charge is 0.258 e. The highest BCUT2D eigenvalue weighted by Crippen LogP contribution is 2.48. The third-order valence-electron chi connectivity index (χ3n) is 5.44. The van der Waals surface area contributed by atoms with Crippen molar-refractivity contribution in [2.75, 3.05) is 0 Å². The summed E-state index contributed by atoms with van der Waals surface area (Å²) in [5, 5.41) is 23.0. The molecule has 0 heterocycles. The molecule has 0 spiro atoms. The van der Waals surface area contributed by atoms with Gasteiger partial charge in [-0.2, -0.15) is 0 Å². The average molecular weight is 454 g/mol. The standard InChI is InChI=1S/C22H16ClN3O4S/c23-17-8-6-16(7-9-17)22(15-4-2-1-3-5-15)13-12-21(22)24-31-20-11-10-18(25(27)28)14-19(20)26(29)30/h1-11,14H,12-13H2/b24-21+. The lowest BCUT2D eigenvalue weighted by molar-refractivity contribution is -0.396. The number of nitro groups is 2. The Hall–Kier alpha value is -3.23. The van der Waals surface area contributed by atoms with Crippen LogP contribution in [-0.4, -0.2) is 15.6 Å². The van der Waals surface area contributed by atoms with Crippen molar-refractivity contribution in [1.29, 1.82) is 0 Å². The van der Waals surface area contributed by atoms with Crippen LogP contribution in [0, 0.1) is 20.2 Å². The van der Waals surface area contributed by atoms with Crippen LogP contribution in [0.2, 0.25) is 5.02 Å². The molecular formula is C22H16ClN3O4S. The van der Waals surface area contributed by atoms with Crippen LogP contribution in [0.25, 0.3) is 0 Å². The zero-order chi connectivity index (χ0) is 22.0. The van der Waals surface area contributed by atoms with Crippen LogP contribution in [-0.2, 0) is 5.41 Å². The van der Waals surface area contributed by atoms with E-state index >= 15 is 0 Å². The molecule has 1 fully saturated rings. The van der Waals surface area contributed by atoms with Gasteiger partial charge in [0.1, 0.15) is 4.90 Å². The van der Waals surface area contributed by atoms with Gasteiger partial charge in [0, 0.05) is 28.7 Å². The van der Waals surface area contributed by atoms with Gasteiger partial charge in [0.05, 0.1) is 21.3 Å². The summed E-state index contributed by atoms with van der Waals surface area (Å²) in [7, 11) is 0. The number of benzene rings is 3. The number of rotatable bonds is 6. The van der Waals surface area contributed by atoms with Crippen molar-refractivity contribution in [2.24, 2.45) is 4.40 Å². The van der Waals surface area contributed by atoms with Crippen molar-refractivity contribution in [3.05, 3.63) is 109 Å². The molecule has 1 aliphatic carbocycles. The fraction of sp³-hybridized carbons (Fsp3) is 0.136. The van der Waals surface area contributed by atoms with Crippen LogP contribution in [0.4, 0.5) is 11.4 Å². The third kappa shape index (κ3) is 3.92. The maximum Gasteiger partial charge on any atom is 0.291 e. The molecular weight excluding hydrogens is 438 g/mol. The SMILES string of the molecule is O=[N+]([O-])c1ccc(S/N=C2\CCC2(c2ccccc2)c2ccc(Cl)cc2)c([N+](=O)[O-])c1. The largest absolute Gasteiger partial charge is 0.291 e. The van der Waals surface area contributed by atoms with Crippen LogP contribution in [0.15, 0.2) is 82.1 Å². The summed E-state index contributed by atoms with van der Waals surface area (Å²) in [4.78, 5) is 21.4. The molecule has 9 heteroatoms. The van der Waals surface area contributed by atoms with Crippen molar-refractivity contribution in [2.45, 2.75) is 23.2 Å². The van der Waals surface area contributed by atoms with Gasteiger partial charge < -0.3 is 0 Å². The Bertz CT molecular complexity index is 1190. The molecule has 0 aliphatic heterocycles. The summed E-state index contributed by atoms with van der Waals surface area (Å²) in [6.07, 6.45) is 1.59. The lowest BCUT2D eigenvalue weighted by atomic mass is 9.59. The molecule has 156 valence electrons. The number of nitrogens with zero attached hydrogens (tertiary/aromatic N) is 3. The Morgan fingerprint density at radius 2 is 1.58 bits per heavy atom. The van der Waals surface area contributed by atoms with E-state index in [0.717, 1.165) is 47.7 Å². The quantitative estimate of drug-likeness (QED) is 0.245. The summed E-state index contributed by atoms with van der Waals surface area (Å²) in [5.74, 6) is 0. The van der Waals surface area contributed by atoms with Crippen molar-refractivity contribution in [3.63, 3.8) is 0 Å². The minimum atomic E-state index is -0.653. The summed E-state index contributed by atoms with van der Waals surface area (Å²) >= 11 is 7.05. The second-order valence-electron chi connectivity index (χ2n) is 7.07. The van der Waals surface area contributed by atoms with E-state index in [4.69, 9.17) is 11.6 Å². The van der Waals surface area contributed by atoms with Crippen molar-refractivity contribution in [1.82, 2.24) is 0 Å². The minimum Gasteiger partial charge on any atom is -0.258 e. The predicted octanol–water partition coefficient (Wildman–Crippen LogP) is 6.38. The number of non-ortho nitro benzene ring substituents is 1. The molecule has 1 atom stereocenters. The van der Waals surface area contributed by atoms with E-state index in [1.165, 1.54) is 12.1 Å². The first kappa shape index (κ1) is 21.0. The molecule has 7 nitrogen and oxygen atoms in total. The zero-order valence-corrected chi connectivity index (χ0v) is 17.7. The monoisotopic (exact) mass is 453 g/mol. The third-order valence-corrected chi connectivity index (χ3v) is 6.54. The topological polar surface area (TPSA) is 98.6 Å². The molecule has 1 unspecified atom stereocenters. The number of hydrogen-bond acceptors (Lipinski definition) is 6. The first-order chi connectivity index (χ1) is 14.9. The van der Waals surface area contributed by atoms with Gasteiger partial charge in [-0.25, -0.2) is 4.40 Å². The Kier molecular flexibility index (Phi) is 5.75. The second kappa shape index (κ2) is 8.49. The van der Waals surface area contributed by atoms with Gasteiger partial charge in [0.2, 0.25) is 0 Å². The van der Waals surface area contributed by atoms with Crippen molar-refractivity contribution >= 4 is 40.6 Å². The molecule has 1 aliphatic rings. The van der Waals surface area contributed by atoms with Crippen LogP contribution in [0.5, 0.6) is 0 Å². The highest BCUT2D eigenvalue weighted by atomic mass is 35.5. The van der Waals surface area contributed by atoms with Crippen molar-refractivity contribution < 1.29 is 9.85 Å². The van der Waals surface area contributed by atoms with Crippen LogP contribution in [0.1, 0.15) is 24.0 Å². The van der Waals surface area contributed by atoms with E-state index in [1.807, 2.05) is 54.6 Å². The second-order valence-corrected chi connectivity index (χ2v) is 8.32. The summed E-state index contributed by atoms with van der Waals surface area (Å²) in [6, 6.07) is 21.2. The summed E-state index contributed by atoms with van der Waals surface area (Å²) < 4.78 is 4.67. The Morgan fingerprint density at radius 3 is 2.16 bits per heavy atom. The fourth-order valence-electron chi connectivity index (χ4n) is 3.80.